The van der Waals surface area contributed by atoms with Crippen LogP contribution in [0.3, 0.4) is 0 Å². The Labute approximate surface area is 143 Å². The van der Waals surface area contributed by atoms with E-state index in [-0.39, 0.29) is 18.2 Å². The number of amides is 1. The third-order valence-electron chi connectivity index (χ3n) is 3.66. The van der Waals surface area contributed by atoms with Crippen molar-refractivity contribution in [3.05, 3.63) is 35.3 Å². The lowest BCUT2D eigenvalue weighted by atomic mass is 10.1. The predicted octanol–water partition coefficient (Wildman–Crippen LogP) is 2.94. The molecule has 0 spiro atoms. The second-order valence-corrected chi connectivity index (χ2v) is 5.61. The molecule has 0 aromatic carbocycles. The molecule has 0 aliphatic heterocycles. The van der Waals surface area contributed by atoms with Crippen LogP contribution in [0.4, 0.5) is 18.9 Å². The molecule has 1 amide bonds. The Morgan fingerprint density at radius 2 is 2.04 bits per heavy atom. The van der Waals surface area contributed by atoms with Gasteiger partial charge in [-0.05, 0) is 31.9 Å². The van der Waals surface area contributed by atoms with Gasteiger partial charge in [0, 0.05) is 25.2 Å². The number of aryl methyl sites for hydroxylation is 2. The van der Waals surface area contributed by atoms with Gasteiger partial charge < -0.3 is 10.1 Å². The molecule has 0 bridgehead atoms. The summed E-state index contributed by atoms with van der Waals surface area (Å²) in [6.45, 7) is 2.43. The highest BCUT2D eigenvalue weighted by atomic mass is 19.4. The molecule has 9 heteroatoms. The molecule has 2 rings (SSSR count). The highest BCUT2D eigenvalue weighted by Gasteiger charge is 2.28. The number of alkyl halides is 3. The lowest BCUT2D eigenvalue weighted by molar-refractivity contribution is -0.154. The van der Waals surface area contributed by atoms with Crippen molar-refractivity contribution >= 4 is 11.6 Å². The Kier molecular flexibility index (Phi) is 5.66. The number of hydrogen-bond acceptors (Lipinski definition) is 4. The van der Waals surface area contributed by atoms with Gasteiger partial charge in [0.25, 0.3) is 0 Å². The maximum absolute atomic E-state index is 12.1. The molecular formula is C16H19F3N4O2. The molecule has 2 aromatic heterocycles. The monoisotopic (exact) mass is 356 g/mol. The molecule has 1 N–H and O–H groups in total. The van der Waals surface area contributed by atoms with Gasteiger partial charge in [-0.1, -0.05) is 0 Å². The van der Waals surface area contributed by atoms with Gasteiger partial charge in [-0.25, -0.2) is 4.98 Å². The molecular weight excluding hydrogens is 337 g/mol. The van der Waals surface area contributed by atoms with E-state index in [1.807, 2.05) is 20.9 Å². The summed E-state index contributed by atoms with van der Waals surface area (Å²) in [5.74, 6) is -0.370. The van der Waals surface area contributed by atoms with Crippen LogP contribution < -0.4 is 10.1 Å². The molecule has 6 nitrogen and oxygen atoms in total. The van der Waals surface area contributed by atoms with Crippen molar-refractivity contribution in [3.8, 4) is 5.88 Å². The molecule has 25 heavy (non-hydrogen) atoms. The summed E-state index contributed by atoms with van der Waals surface area (Å²) < 4.78 is 42.5. The quantitative estimate of drug-likeness (QED) is 0.864. The van der Waals surface area contributed by atoms with E-state index in [0.717, 1.165) is 17.0 Å². The lowest BCUT2D eigenvalue weighted by Gasteiger charge is -2.09. The summed E-state index contributed by atoms with van der Waals surface area (Å²) in [5.41, 5.74) is 3.33. The van der Waals surface area contributed by atoms with Crippen LogP contribution in [0.15, 0.2) is 18.3 Å². The average molecular weight is 356 g/mol. The van der Waals surface area contributed by atoms with Crippen molar-refractivity contribution < 1.29 is 22.7 Å². The van der Waals surface area contributed by atoms with Gasteiger partial charge >= 0.3 is 6.18 Å². The van der Waals surface area contributed by atoms with Gasteiger partial charge in [0.2, 0.25) is 11.8 Å². The number of nitrogens with one attached hydrogen (secondary N) is 1. The smallest absolute Gasteiger partial charge is 0.422 e. The first-order chi connectivity index (χ1) is 11.7. The van der Waals surface area contributed by atoms with Crippen molar-refractivity contribution in [1.29, 1.82) is 0 Å². The third kappa shape index (κ3) is 5.47. The standard InChI is InChI=1S/C16H19F3N4O2/c1-10-13(11(2)23(3)22-10)5-6-14(24)21-12-4-7-15(20-8-12)25-9-16(17,18)19/h4,7-8H,5-6,9H2,1-3H3,(H,21,24). The Bertz CT molecular complexity index is 739. The normalized spacial score (nSPS) is 11.4. The Morgan fingerprint density at radius 1 is 1.32 bits per heavy atom. The molecule has 0 saturated heterocycles. The predicted molar refractivity (Wildman–Crippen MR) is 85.4 cm³/mol. The minimum atomic E-state index is -4.42. The topological polar surface area (TPSA) is 69.0 Å². The first kappa shape index (κ1) is 18.8. The van der Waals surface area contributed by atoms with E-state index in [4.69, 9.17) is 0 Å². The fraction of sp³-hybridized carbons (Fsp3) is 0.438. The van der Waals surface area contributed by atoms with Crippen LogP contribution in [0.25, 0.3) is 0 Å². The number of anilines is 1. The maximum Gasteiger partial charge on any atom is 0.422 e. The first-order valence-electron chi connectivity index (χ1n) is 7.60. The summed E-state index contributed by atoms with van der Waals surface area (Å²) in [7, 11) is 1.85. The summed E-state index contributed by atoms with van der Waals surface area (Å²) in [5, 5.41) is 6.95. The average Bonchev–Trinajstić information content (AvgIpc) is 2.77. The Balaban J connectivity index is 1.86. The number of ether oxygens (including phenoxy) is 1. The number of nitrogens with zero attached hydrogens (tertiary/aromatic N) is 3. The van der Waals surface area contributed by atoms with Gasteiger partial charge in [-0.2, -0.15) is 18.3 Å². The Hall–Kier alpha value is -2.58. The zero-order valence-electron chi connectivity index (χ0n) is 14.1. The summed E-state index contributed by atoms with van der Waals surface area (Å²) >= 11 is 0. The van der Waals surface area contributed by atoms with Crippen molar-refractivity contribution in [2.75, 3.05) is 11.9 Å². The van der Waals surface area contributed by atoms with E-state index in [9.17, 15) is 18.0 Å². The van der Waals surface area contributed by atoms with Crippen LogP contribution in [-0.4, -0.2) is 33.5 Å². The molecule has 0 atom stereocenters. The third-order valence-corrected chi connectivity index (χ3v) is 3.66. The molecule has 0 aliphatic rings. The van der Waals surface area contributed by atoms with Crippen molar-refractivity contribution in [3.63, 3.8) is 0 Å². The van der Waals surface area contributed by atoms with Crippen LogP contribution >= 0.6 is 0 Å². The summed E-state index contributed by atoms with van der Waals surface area (Å²) in [6, 6.07) is 2.72. The van der Waals surface area contributed by atoms with E-state index in [1.54, 1.807) is 4.68 Å². The van der Waals surface area contributed by atoms with Crippen LogP contribution in [0.1, 0.15) is 23.4 Å². The fourth-order valence-corrected chi connectivity index (χ4v) is 2.34. The van der Waals surface area contributed by atoms with Crippen molar-refractivity contribution in [2.45, 2.75) is 32.9 Å². The molecule has 136 valence electrons. The minimum absolute atomic E-state index is 0.156. The largest absolute Gasteiger partial charge is 0.468 e. The number of aromatic nitrogens is 3. The molecule has 2 aromatic rings. The van der Waals surface area contributed by atoms with Crippen LogP contribution in [0.5, 0.6) is 5.88 Å². The van der Waals surface area contributed by atoms with Gasteiger partial charge in [0.15, 0.2) is 6.61 Å². The van der Waals surface area contributed by atoms with E-state index < -0.39 is 12.8 Å². The van der Waals surface area contributed by atoms with E-state index in [0.29, 0.717) is 12.1 Å². The van der Waals surface area contributed by atoms with Gasteiger partial charge in [-0.15, -0.1) is 0 Å². The van der Waals surface area contributed by atoms with Gasteiger partial charge in [0.05, 0.1) is 17.6 Å². The summed E-state index contributed by atoms with van der Waals surface area (Å²) in [6.07, 6.45) is -2.35. The number of hydrogen-bond donors (Lipinski definition) is 1. The van der Waals surface area contributed by atoms with Crippen LogP contribution in [-0.2, 0) is 18.3 Å². The first-order valence-corrected chi connectivity index (χ1v) is 7.60. The van der Waals surface area contributed by atoms with Crippen molar-refractivity contribution in [1.82, 2.24) is 14.8 Å². The highest BCUT2D eigenvalue weighted by molar-refractivity contribution is 5.90. The summed E-state index contributed by atoms with van der Waals surface area (Å²) in [4.78, 5) is 15.7. The second kappa shape index (κ2) is 7.54. The molecule has 0 fully saturated rings. The zero-order valence-corrected chi connectivity index (χ0v) is 14.1. The molecule has 0 radical (unpaired) electrons. The zero-order chi connectivity index (χ0) is 18.6. The Morgan fingerprint density at radius 3 is 2.56 bits per heavy atom. The molecule has 2 heterocycles. The van der Waals surface area contributed by atoms with Gasteiger partial charge in [-0.3, -0.25) is 9.48 Å². The van der Waals surface area contributed by atoms with E-state index >= 15 is 0 Å². The number of pyridine rings is 1. The van der Waals surface area contributed by atoms with Gasteiger partial charge in [0.1, 0.15) is 0 Å². The van der Waals surface area contributed by atoms with Crippen LogP contribution in [0, 0.1) is 13.8 Å². The number of rotatable bonds is 6. The number of carbonyl (C=O) groups excluding carboxylic acids is 1. The molecule has 0 aliphatic carbocycles. The molecule has 0 saturated carbocycles. The number of halogens is 3. The van der Waals surface area contributed by atoms with Crippen molar-refractivity contribution in [2.24, 2.45) is 7.05 Å². The number of carbonyl (C=O) groups is 1. The molecule has 0 unspecified atom stereocenters. The SMILES string of the molecule is Cc1nn(C)c(C)c1CCC(=O)Nc1ccc(OCC(F)(F)F)nc1. The maximum atomic E-state index is 12.1. The van der Waals surface area contributed by atoms with Crippen LogP contribution in [0.2, 0.25) is 0 Å². The lowest BCUT2D eigenvalue weighted by Crippen LogP contribution is -2.19. The van der Waals surface area contributed by atoms with E-state index in [2.05, 4.69) is 20.1 Å². The highest BCUT2D eigenvalue weighted by Crippen LogP contribution is 2.18. The van der Waals surface area contributed by atoms with E-state index in [1.165, 1.54) is 18.3 Å². The minimum Gasteiger partial charge on any atom is -0.468 e. The fourth-order valence-electron chi connectivity index (χ4n) is 2.34. The second-order valence-electron chi connectivity index (χ2n) is 5.61.